The Labute approximate surface area is 194 Å². The Morgan fingerprint density at radius 2 is 2.00 bits per heavy atom. The number of hydrogen-bond acceptors (Lipinski definition) is 4. The number of aromatic nitrogens is 4. The number of halogens is 3. The van der Waals surface area contributed by atoms with Crippen LogP contribution in [-0.2, 0) is 24.7 Å². The molecule has 0 saturated heterocycles. The first-order valence-corrected chi connectivity index (χ1v) is 11.9. The molecule has 7 rings (SSSR count). The molecule has 0 spiro atoms. The van der Waals surface area contributed by atoms with Gasteiger partial charge >= 0.3 is 6.18 Å². The molecule has 0 amide bonds. The van der Waals surface area contributed by atoms with E-state index in [4.69, 9.17) is 4.98 Å². The van der Waals surface area contributed by atoms with Crippen LogP contribution < -0.4 is 10.9 Å². The van der Waals surface area contributed by atoms with E-state index < -0.39 is 11.7 Å². The number of aryl methyl sites for hydroxylation is 1. The van der Waals surface area contributed by atoms with Crippen molar-refractivity contribution in [3.63, 3.8) is 0 Å². The van der Waals surface area contributed by atoms with Gasteiger partial charge in [0.05, 0.1) is 11.0 Å². The fourth-order valence-corrected chi connectivity index (χ4v) is 6.44. The third-order valence-corrected chi connectivity index (χ3v) is 7.67. The standard InChI is InChI=1S/C25H26F3N5O/c1-2-7-33-19-20(30-22(33)24-11-15-8-16(12-24)10-18(24)9-15)31-23(32-21(19)34)29-13-14-3-5-17(6-4-14)25(26,27)28/h3-6,9,15-16H,2,7-8,10-13H2,1H3,(H2,29,31,32,34). The van der Waals surface area contributed by atoms with Gasteiger partial charge in [-0.3, -0.25) is 9.78 Å². The van der Waals surface area contributed by atoms with Gasteiger partial charge in [0, 0.05) is 13.1 Å². The number of H-pyrrole nitrogens is 1. The minimum atomic E-state index is -4.37. The van der Waals surface area contributed by atoms with Crippen molar-refractivity contribution in [3.05, 3.63) is 63.2 Å². The SMILES string of the molecule is CCCn1c(C23CC4C=C2CC(C4)C3)nc2nc(NCc3ccc(C(F)(F)F)cc3)[nH]c(=O)c21. The number of alkyl halides is 3. The summed E-state index contributed by atoms with van der Waals surface area (Å²) in [5.74, 6) is 2.56. The summed E-state index contributed by atoms with van der Waals surface area (Å²) in [4.78, 5) is 25.4. The highest BCUT2D eigenvalue weighted by atomic mass is 19.4. The normalized spacial score (nSPS) is 25.4. The van der Waals surface area contributed by atoms with Crippen molar-refractivity contribution < 1.29 is 13.2 Å². The zero-order chi connectivity index (χ0) is 23.7. The van der Waals surface area contributed by atoms with Gasteiger partial charge in [-0.05, 0) is 61.6 Å². The molecule has 4 aliphatic rings. The van der Waals surface area contributed by atoms with E-state index in [1.165, 1.54) is 24.1 Å². The predicted octanol–water partition coefficient (Wildman–Crippen LogP) is 5.16. The van der Waals surface area contributed by atoms with E-state index in [1.807, 2.05) is 0 Å². The quantitative estimate of drug-likeness (QED) is 0.489. The van der Waals surface area contributed by atoms with E-state index in [9.17, 15) is 18.0 Å². The summed E-state index contributed by atoms with van der Waals surface area (Å²) in [6.45, 7) is 3.03. The maximum absolute atomic E-state index is 13.1. The van der Waals surface area contributed by atoms with Crippen LogP contribution in [0.3, 0.4) is 0 Å². The number of allylic oxidation sites excluding steroid dienone is 2. The number of aromatic amines is 1. The lowest BCUT2D eigenvalue weighted by atomic mass is 9.74. The van der Waals surface area contributed by atoms with Crippen LogP contribution in [0, 0.1) is 11.8 Å². The predicted molar refractivity (Wildman–Crippen MR) is 122 cm³/mol. The Bertz CT molecular complexity index is 1350. The molecule has 9 heteroatoms. The van der Waals surface area contributed by atoms with Crippen LogP contribution >= 0.6 is 0 Å². The maximum Gasteiger partial charge on any atom is 0.416 e. The monoisotopic (exact) mass is 469 g/mol. The molecule has 1 aromatic carbocycles. The molecule has 2 aromatic heterocycles. The van der Waals surface area contributed by atoms with Crippen molar-refractivity contribution in [3.8, 4) is 0 Å². The number of hydrogen-bond donors (Lipinski definition) is 2. The number of anilines is 1. The number of nitrogens with zero attached hydrogens (tertiary/aromatic N) is 3. The summed E-state index contributed by atoms with van der Waals surface area (Å²) in [6.07, 6.45) is 3.52. The van der Waals surface area contributed by atoms with Crippen LogP contribution in [0.4, 0.5) is 19.1 Å². The van der Waals surface area contributed by atoms with Gasteiger partial charge < -0.3 is 9.88 Å². The molecule has 3 atom stereocenters. The lowest BCUT2D eigenvalue weighted by molar-refractivity contribution is -0.137. The first-order valence-electron chi connectivity index (χ1n) is 11.9. The van der Waals surface area contributed by atoms with Crippen LogP contribution in [0.25, 0.3) is 11.2 Å². The number of fused-ring (bicyclic) bond motifs is 1. The molecule has 2 heterocycles. The van der Waals surface area contributed by atoms with E-state index in [0.717, 1.165) is 43.6 Å². The Morgan fingerprint density at radius 1 is 1.21 bits per heavy atom. The van der Waals surface area contributed by atoms with Gasteiger partial charge in [0.1, 0.15) is 5.82 Å². The second-order valence-corrected chi connectivity index (χ2v) is 9.97. The van der Waals surface area contributed by atoms with E-state index in [2.05, 4.69) is 32.9 Å². The highest BCUT2D eigenvalue weighted by molar-refractivity contribution is 5.73. The fraction of sp³-hybridized carbons (Fsp3) is 0.480. The number of benzene rings is 1. The van der Waals surface area contributed by atoms with E-state index in [1.54, 1.807) is 0 Å². The van der Waals surface area contributed by atoms with Crippen LogP contribution in [0.1, 0.15) is 56.0 Å². The molecular weight excluding hydrogens is 443 g/mol. The molecule has 6 nitrogen and oxygen atoms in total. The molecule has 4 aliphatic carbocycles. The van der Waals surface area contributed by atoms with Crippen LogP contribution in [-0.4, -0.2) is 19.5 Å². The fourth-order valence-electron chi connectivity index (χ4n) is 6.44. The zero-order valence-electron chi connectivity index (χ0n) is 18.9. The number of rotatable bonds is 6. The molecule has 0 radical (unpaired) electrons. The minimum Gasteiger partial charge on any atom is -0.352 e. The van der Waals surface area contributed by atoms with Gasteiger partial charge in [-0.15, -0.1) is 0 Å². The Balaban J connectivity index is 1.32. The van der Waals surface area contributed by atoms with Crippen molar-refractivity contribution >= 4 is 17.1 Å². The van der Waals surface area contributed by atoms with Crippen molar-refractivity contribution in [1.82, 2.24) is 19.5 Å². The molecular formula is C25H26F3N5O. The molecule has 4 bridgehead atoms. The zero-order valence-corrected chi connectivity index (χ0v) is 18.9. The maximum atomic E-state index is 13.1. The summed E-state index contributed by atoms with van der Waals surface area (Å²) in [6, 6.07) is 4.93. The van der Waals surface area contributed by atoms with E-state index in [-0.39, 0.29) is 23.5 Å². The van der Waals surface area contributed by atoms with Gasteiger partial charge in [0.15, 0.2) is 11.2 Å². The van der Waals surface area contributed by atoms with Crippen LogP contribution in [0.15, 0.2) is 40.7 Å². The lowest BCUT2D eigenvalue weighted by Gasteiger charge is -2.32. The first-order chi connectivity index (χ1) is 16.3. The van der Waals surface area contributed by atoms with Gasteiger partial charge in [-0.25, -0.2) is 4.98 Å². The summed E-state index contributed by atoms with van der Waals surface area (Å²) < 4.78 is 40.4. The number of nitrogens with one attached hydrogen (secondary N) is 2. The van der Waals surface area contributed by atoms with Gasteiger partial charge in [0.2, 0.25) is 5.95 Å². The Kier molecular flexibility index (Phi) is 4.70. The molecule has 3 unspecified atom stereocenters. The summed E-state index contributed by atoms with van der Waals surface area (Å²) >= 11 is 0. The summed E-state index contributed by atoms with van der Waals surface area (Å²) in [7, 11) is 0. The van der Waals surface area contributed by atoms with Crippen LogP contribution in [0.2, 0.25) is 0 Å². The highest BCUT2D eigenvalue weighted by Crippen LogP contribution is 2.62. The average molecular weight is 470 g/mol. The Morgan fingerprint density at radius 3 is 2.71 bits per heavy atom. The second kappa shape index (κ2) is 7.45. The van der Waals surface area contributed by atoms with E-state index in [0.29, 0.717) is 35.1 Å². The molecule has 34 heavy (non-hydrogen) atoms. The molecule has 2 saturated carbocycles. The van der Waals surface area contributed by atoms with Crippen molar-refractivity contribution in [2.45, 2.75) is 63.7 Å². The smallest absolute Gasteiger partial charge is 0.352 e. The molecule has 2 N–H and O–H groups in total. The van der Waals surface area contributed by atoms with E-state index >= 15 is 0 Å². The lowest BCUT2D eigenvalue weighted by Crippen LogP contribution is -2.31. The molecule has 2 fully saturated rings. The van der Waals surface area contributed by atoms with Crippen molar-refractivity contribution in [2.75, 3.05) is 5.32 Å². The Hall–Kier alpha value is -3.10. The summed E-state index contributed by atoms with van der Waals surface area (Å²) in [5, 5.41) is 3.03. The highest BCUT2D eigenvalue weighted by Gasteiger charge is 2.56. The second-order valence-electron chi connectivity index (χ2n) is 9.97. The summed E-state index contributed by atoms with van der Waals surface area (Å²) in [5.41, 5.74) is 2.04. The molecule has 3 aromatic rings. The third kappa shape index (κ3) is 3.27. The third-order valence-electron chi connectivity index (χ3n) is 7.67. The van der Waals surface area contributed by atoms with Crippen molar-refractivity contribution in [1.29, 1.82) is 0 Å². The average Bonchev–Trinajstić information content (AvgIpc) is 3.36. The first kappa shape index (κ1) is 21.4. The molecule has 178 valence electrons. The molecule has 0 aliphatic heterocycles. The van der Waals surface area contributed by atoms with Gasteiger partial charge in [0.25, 0.3) is 5.56 Å². The largest absolute Gasteiger partial charge is 0.416 e. The van der Waals surface area contributed by atoms with Crippen LogP contribution in [0.5, 0.6) is 0 Å². The van der Waals surface area contributed by atoms with Gasteiger partial charge in [-0.1, -0.05) is 30.7 Å². The minimum absolute atomic E-state index is 0.0658. The topological polar surface area (TPSA) is 75.6 Å². The van der Waals surface area contributed by atoms with Gasteiger partial charge in [-0.2, -0.15) is 18.2 Å². The number of imidazole rings is 1. The van der Waals surface area contributed by atoms with Crippen molar-refractivity contribution in [2.24, 2.45) is 11.8 Å².